The Balaban J connectivity index is 1.99. The third-order valence-electron chi connectivity index (χ3n) is 3.40. The van der Waals surface area contributed by atoms with E-state index < -0.39 is 29.1 Å². The number of carbonyl (C=O) groups excluding carboxylic acids is 2. The molecule has 5 N–H and O–H groups in total. The van der Waals surface area contributed by atoms with Crippen LogP contribution in [0.15, 0.2) is 29.1 Å². The number of fused-ring (bicyclic) bond motifs is 1. The number of primary amides is 1. The lowest BCUT2D eigenvalue weighted by Crippen LogP contribution is -2.36. The van der Waals surface area contributed by atoms with Crippen LogP contribution in [0.5, 0.6) is 0 Å². The van der Waals surface area contributed by atoms with Crippen molar-refractivity contribution in [3.8, 4) is 0 Å². The summed E-state index contributed by atoms with van der Waals surface area (Å²) in [5.74, 6) is -2.61. The molecule has 1 aromatic heterocycles. The molecule has 0 saturated carbocycles. The van der Waals surface area contributed by atoms with Crippen molar-refractivity contribution < 1.29 is 14.0 Å². The van der Waals surface area contributed by atoms with Gasteiger partial charge in [-0.2, -0.15) is 4.98 Å². The van der Waals surface area contributed by atoms with Crippen molar-refractivity contribution in [1.29, 1.82) is 0 Å². The molecule has 118 valence electrons. The molecule has 1 aromatic carbocycles. The summed E-state index contributed by atoms with van der Waals surface area (Å²) in [5.41, 5.74) is 5.18. The second kappa shape index (κ2) is 5.52. The number of rotatable bonds is 3. The summed E-state index contributed by atoms with van der Waals surface area (Å²) in [6.07, 6.45) is -0.197. The zero-order valence-electron chi connectivity index (χ0n) is 11.7. The molecule has 0 aliphatic carbocycles. The molecular weight excluding hydrogens is 305 g/mol. The van der Waals surface area contributed by atoms with Gasteiger partial charge in [-0.05, 0) is 24.3 Å². The Morgan fingerprint density at radius 1 is 1.30 bits per heavy atom. The molecule has 0 spiro atoms. The number of anilines is 3. The average Bonchev–Trinajstić information content (AvgIpc) is 2.48. The van der Waals surface area contributed by atoms with Crippen molar-refractivity contribution in [3.63, 3.8) is 0 Å². The van der Waals surface area contributed by atoms with Crippen LogP contribution in [0, 0.1) is 5.82 Å². The van der Waals surface area contributed by atoms with E-state index in [2.05, 4.69) is 20.6 Å². The van der Waals surface area contributed by atoms with Crippen LogP contribution >= 0.6 is 0 Å². The molecule has 0 unspecified atom stereocenters. The van der Waals surface area contributed by atoms with Crippen LogP contribution in [0.2, 0.25) is 0 Å². The second-order valence-electron chi connectivity index (χ2n) is 5.02. The SMILES string of the molecule is NC(=O)[C@@H]1CC(=O)Nc2nc(Nc3ccc(F)cc3)[nH]c(=O)c21. The fourth-order valence-corrected chi connectivity index (χ4v) is 2.34. The van der Waals surface area contributed by atoms with Crippen molar-refractivity contribution >= 4 is 29.3 Å². The monoisotopic (exact) mass is 317 g/mol. The zero-order chi connectivity index (χ0) is 16.6. The molecule has 0 saturated heterocycles. The number of nitrogens with zero attached hydrogens (tertiary/aromatic N) is 1. The summed E-state index contributed by atoms with van der Waals surface area (Å²) in [7, 11) is 0. The van der Waals surface area contributed by atoms with Gasteiger partial charge in [-0.15, -0.1) is 0 Å². The van der Waals surface area contributed by atoms with Crippen LogP contribution < -0.4 is 21.9 Å². The smallest absolute Gasteiger partial charge is 0.258 e. The number of benzene rings is 1. The largest absolute Gasteiger partial charge is 0.369 e. The molecule has 2 aromatic rings. The quantitative estimate of drug-likeness (QED) is 0.657. The van der Waals surface area contributed by atoms with E-state index in [1.807, 2.05) is 0 Å². The first kappa shape index (κ1) is 14.7. The van der Waals surface area contributed by atoms with Gasteiger partial charge in [0.1, 0.15) is 11.6 Å². The van der Waals surface area contributed by atoms with E-state index in [0.717, 1.165) is 0 Å². The number of amides is 2. The van der Waals surface area contributed by atoms with E-state index in [-0.39, 0.29) is 23.8 Å². The lowest BCUT2D eigenvalue weighted by molar-refractivity contribution is -0.124. The highest BCUT2D eigenvalue weighted by Crippen LogP contribution is 2.28. The molecule has 8 nitrogen and oxygen atoms in total. The Hall–Kier alpha value is -3.23. The Morgan fingerprint density at radius 3 is 2.65 bits per heavy atom. The normalized spacial score (nSPS) is 16.4. The molecule has 23 heavy (non-hydrogen) atoms. The maximum atomic E-state index is 12.9. The molecule has 2 amide bonds. The number of halogens is 1. The van der Waals surface area contributed by atoms with Gasteiger partial charge in [-0.25, -0.2) is 4.39 Å². The van der Waals surface area contributed by atoms with Crippen molar-refractivity contribution in [1.82, 2.24) is 9.97 Å². The van der Waals surface area contributed by atoms with E-state index in [4.69, 9.17) is 5.73 Å². The first-order chi connectivity index (χ1) is 10.9. The van der Waals surface area contributed by atoms with Gasteiger partial charge in [-0.3, -0.25) is 19.4 Å². The first-order valence-corrected chi connectivity index (χ1v) is 6.70. The molecule has 1 aliphatic rings. The lowest BCUT2D eigenvalue weighted by Gasteiger charge is -2.21. The van der Waals surface area contributed by atoms with Crippen molar-refractivity contribution in [3.05, 3.63) is 46.0 Å². The van der Waals surface area contributed by atoms with Crippen LogP contribution in [0.1, 0.15) is 17.9 Å². The van der Waals surface area contributed by atoms with Gasteiger partial charge < -0.3 is 16.4 Å². The molecule has 3 rings (SSSR count). The average molecular weight is 317 g/mol. The van der Waals surface area contributed by atoms with Crippen molar-refractivity contribution in [2.75, 3.05) is 10.6 Å². The molecular formula is C14H12FN5O3. The van der Waals surface area contributed by atoms with Gasteiger partial charge in [0.25, 0.3) is 5.56 Å². The third kappa shape index (κ3) is 2.89. The summed E-state index contributed by atoms with van der Waals surface area (Å²) in [4.78, 5) is 41.8. The maximum Gasteiger partial charge on any atom is 0.258 e. The Bertz CT molecular complexity index is 846. The highest BCUT2D eigenvalue weighted by Gasteiger charge is 2.33. The molecule has 0 fully saturated rings. The number of carbonyl (C=O) groups is 2. The topological polar surface area (TPSA) is 130 Å². The predicted molar refractivity (Wildman–Crippen MR) is 79.7 cm³/mol. The van der Waals surface area contributed by atoms with Gasteiger partial charge in [0.15, 0.2) is 0 Å². The number of aromatic nitrogens is 2. The third-order valence-corrected chi connectivity index (χ3v) is 3.40. The molecule has 1 aliphatic heterocycles. The summed E-state index contributed by atoms with van der Waals surface area (Å²) >= 11 is 0. The van der Waals surface area contributed by atoms with Crippen molar-refractivity contribution in [2.24, 2.45) is 5.73 Å². The minimum Gasteiger partial charge on any atom is -0.369 e. The summed E-state index contributed by atoms with van der Waals surface area (Å²) in [6, 6.07) is 5.40. The number of nitrogens with two attached hydrogens (primary N) is 1. The first-order valence-electron chi connectivity index (χ1n) is 6.70. The Labute approximate surface area is 128 Å². The Kier molecular flexibility index (Phi) is 3.53. The van der Waals surface area contributed by atoms with Crippen LogP contribution in [-0.4, -0.2) is 21.8 Å². The highest BCUT2D eigenvalue weighted by atomic mass is 19.1. The molecule has 1 atom stereocenters. The molecule has 0 bridgehead atoms. The fourth-order valence-electron chi connectivity index (χ4n) is 2.34. The predicted octanol–water partition coefficient (Wildman–Crippen LogP) is 0.564. The van der Waals surface area contributed by atoms with Gasteiger partial charge in [0, 0.05) is 12.1 Å². The summed E-state index contributed by atoms with van der Waals surface area (Å²) in [5, 5.41) is 5.22. The summed E-state index contributed by atoms with van der Waals surface area (Å²) < 4.78 is 12.9. The van der Waals surface area contributed by atoms with Gasteiger partial charge in [0.2, 0.25) is 17.8 Å². The van der Waals surface area contributed by atoms with E-state index in [0.29, 0.717) is 5.69 Å². The zero-order valence-corrected chi connectivity index (χ0v) is 11.7. The van der Waals surface area contributed by atoms with Gasteiger partial charge in [0.05, 0.1) is 11.5 Å². The number of hydrogen-bond donors (Lipinski definition) is 4. The highest BCUT2D eigenvalue weighted by molar-refractivity contribution is 5.99. The standard InChI is InChI=1S/C14H12FN5O3/c15-6-1-3-7(4-2-6)17-14-19-12-10(13(23)20-14)8(11(16)22)5-9(21)18-12/h1-4,8H,5H2,(H2,16,22)(H3,17,18,19,20,21,23)/t8-/m1/s1. The van der Waals surface area contributed by atoms with E-state index in [1.165, 1.54) is 24.3 Å². The number of nitrogens with one attached hydrogen (secondary N) is 3. The number of aromatic amines is 1. The van der Waals surface area contributed by atoms with Gasteiger partial charge in [-0.1, -0.05) is 0 Å². The fraction of sp³-hybridized carbons (Fsp3) is 0.143. The lowest BCUT2D eigenvalue weighted by atomic mass is 9.93. The van der Waals surface area contributed by atoms with Crippen LogP contribution in [0.3, 0.4) is 0 Å². The van der Waals surface area contributed by atoms with Gasteiger partial charge >= 0.3 is 0 Å². The molecule has 9 heteroatoms. The number of hydrogen-bond acceptors (Lipinski definition) is 5. The van der Waals surface area contributed by atoms with Crippen LogP contribution in [-0.2, 0) is 9.59 Å². The summed E-state index contributed by atoms with van der Waals surface area (Å²) in [6.45, 7) is 0. The van der Waals surface area contributed by atoms with Crippen LogP contribution in [0.25, 0.3) is 0 Å². The van der Waals surface area contributed by atoms with E-state index >= 15 is 0 Å². The second-order valence-corrected chi connectivity index (χ2v) is 5.02. The number of H-pyrrole nitrogens is 1. The molecule has 0 radical (unpaired) electrons. The van der Waals surface area contributed by atoms with E-state index in [1.54, 1.807) is 0 Å². The minimum atomic E-state index is -1.02. The maximum absolute atomic E-state index is 12.9. The van der Waals surface area contributed by atoms with Crippen LogP contribution in [0.4, 0.5) is 21.8 Å². The van der Waals surface area contributed by atoms with E-state index in [9.17, 15) is 18.8 Å². The Morgan fingerprint density at radius 2 is 2.00 bits per heavy atom. The van der Waals surface area contributed by atoms with Crippen molar-refractivity contribution in [2.45, 2.75) is 12.3 Å². The minimum absolute atomic E-state index is 0.0154. The molecule has 2 heterocycles.